The zero-order chi connectivity index (χ0) is 24.8. The highest BCUT2D eigenvalue weighted by molar-refractivity contribution is 7.18. The summed E-state index contributed by atoms with van der Waals surface area (Å²) in [6.07, 6.45) is 8.18. The van der Waals surface area contributed by atoms with Gasteiger partial charge in [0.1, 0.15) is 5.69 Å². The third-order valence-electron chi connectivity index (χ3n) is 7.33. The standard InChI is InChI=1S/C26H34N6O3S/c33-24(9-5-8-23-28-21-6-1-2-7-22(21)36-23)31-15-11-26(12-16-31)10-3-4-14-32-18-20(29-30-32)19-35-17-13-27-25(26)34/h1-2,6-7,18H,3-5,8-17,19H2,(H,27,34). The summed E-state index contributed by atoms with van der Waals surface area (Å²) in [6.45, 7) is 3.37. The minimum atomic E-state index is -0.421. The summed E-state index contributed by atoms with van der Waals surface area (Å²) in [7, 11) is 0. The first-order valence-electron chi connectivity index (χ1n) is 13.0. The van der Waals surface area contributed by atoms with Crippen LogP contribution in [0, 0.1) is 5.41 Å². The minimum Gasteiger partial charge on any atom is -0.373 e. The van der Waals surface area contributed by atoms with Crippen LogP contribution in [0.25, 0.3) is 10.2 Å². The van der Waals surface area contributed by atoms with Crippen molar-refractivity contribution in [3.63, 3.8) is 0 Å². The number of para-hydroxylation sites is 1. The molecule has 36 heavy (non-hydrogen) atoms. The first-order valence-corrected chi connectivity index (χ1v) is 13.8. The van der Waals surface area contributed by atoms with Gasteiger partial charge in [0.05, 0.1) is 40.0 Å². The van der Waals surface area contributed by atoms with Crippen molar-refractivity contribution in [1.29, 1.82) is 0 Å². The van der Waals surface area contributed by atoms with E-state index in [1.807, 2.05) is 34.0 Å². The first-order chi connectivity index (χ1) is 17.6. The number of nitrogens with one attached hydrogen (secondary N) is 1. The summed E-state index contributed by atoms with van der Waals surface area (Å²) in [5.74, 6) is 0.283. The Bertz CT molecular complexity index is 1150. The normalized spacial score (nSPS) is 19.2. The lowest BCUT2D eigenvalue weighted by Gasteiger charge is -2.41. The summed E-state index contributed by atoms with van der Waals surface area (Å²) in [4.78, 5) is 32.8. The van der Waals surface area contributed by atoms with E-state index in [9.17, 15) is 9.59 Å². The molecule has 0 saturated carbocycles. The fourth-order valence-corrected chi connectivity index (χ4v) is 6.21. The molecule has 1 spiro atoms. The summed E-state index contributed by atoms with van der Waals surface area (Å²) in [5, 5.41) is 12.5. The van der Waals surface area contributed by atoms with Crippen LogP contribution in [0.4, 0.5) is 0 Å². The number of piperidine rings is 1. The van der Waals surface area contributed by atoms with Gasteiger partial charge in [-0.3, -0.25) is 14.3 Å². The number of hydrogen-bond donors (Lipinski definition) is 1. The molecule has 2 aliphatic heterocycles. The van der Waals surface area contributed by atoms with Crippen molar-refractivity contribution in [2.24, 2.45) is 5.41 Å². The lowest BCUT2D eigenvalue weighted by molar-refractivity contribution is -0.141. The third-order valence-corrected chi connectivity index (χ3v) is 8.43. The average molecular weight is 511 g/mol. The molecule has 2 aromatic heterocycles. The number of rotatable bonds is 4. The van der Waals surface area contributed by atoms with Crippen LogP contribution >= 0.6 is 11.3 Å². The molecule has 1 saturated heterocycles. The van der Waals surface area contributed by atoms with Gasteiger partial charge in [-0.15, -0.1) is 16.4 Å². The second-order valence-electron chi connectivity index (χ2n) is 9.83. The zero-order valence-corrected chi connectivity index (χ0v) is 21.5. The Balaban J connectivity index is 1.12. The number of benzene rings is 1. The van der Waals surface area contributed by atoms with Crippen molar-refractivity contribution < 1.29 is 14.3 Å². The van der Waals surface area contributed by atoms with E-state index >= 15 is 0 Å². The monoisotopic (exact) mass is 510 g/mol. The molecule has 0 atom stereocenters. The number of nitrogens with zero attached hydrogens (tertiary/aromatic N) is 5. The van der Waals surface area contributed by atoms with Crippen LogP contribution in [0.2, 0.25) is 0 Å². The van der Waals surface area contributed by atoms with Crippen molar-refractivity contribution in [1.82, 2.24) is 30.2 Å². The van der Waals surface area contributed by atoms with Gasteiger partial charge in [0.15, 0.2) is 0 Å². The van der Waals surface area contributed by atoms with Crippen LogP contribution in [0.3, 0.4) is 0 Å². The quantitative estimate of drug-likeness (QED) is 0.578. The van der Waals surface area contributed by atoms with Crippen LogP contribution < -0.4 is 5.32 Å². The Hall–Kier alpha value is -2.85. The lowest BCUT2D eigenvalue weighted by atomic mass is 9.73. The van der Waals surface area contributed by atoms with Gasteiger partial charge in [-0.05, 0) is 50.7 Å². The van der Waals surface area contributed by atoms with Crippen LogP contribution in [0.15, 0.2) is 30.5 Å². The van der Waals surface area contributed by atoms with Crippen LogP contribution in [0.1, 0.15) is 55.6 Å². The number of likely N-dealkylation sites (tertiary alicyclic amines) is 1. The summed E-state index contributed by atoms with van der Waals surface area (Å²) < 4.78 is 8.70. The number of aryl methyl sites for hydroxylation is 2. The molecule has 10 heteroatoms. The molecule has 1 N–H and O–H groups in total. The van der Waals surface area contributed by atoms with E-state index in [1.54, 1.807) is 11.3 Å². The molecular weight excluding hydrogens is 476 g/mol. The van der Waals surface area contributed by atoms with Crippen molar-refractivity contribution in [2.75, 3.05) is 26.2 Å². The molecule has 0 unspecified atom stereocenters. The largest absolute Gasteiger partial charge is 0.373 e. The minimum absolute atomic E-state index is 0.1000. The highest BCUT2D eigenvalue weighted by atomic mass is 32.1. The average Bonchev–Trinajstić information content (AvgIpc) is 3.52. The molecular formula is C26H34N6O3S. The lowest BCUT2D eigenvalue weighted by Crippen LogP contribution is -2.50. The Labute approximate surface area is 215 Å². The summed E-state index contributed by atoms with van der Waals surface area (Å²) in [6, 6.07) is 8.15. The molecule has 0 radical (unpaired) electrons. The first kappa shape index (κ1) is 24.8. The predicted octanol–water partition coefficient (Wildman–Crippen LogP) is 3.34. The molecule has 1 aromatic carbocycles. The van der Waals surface area contributed by atoms with E-state index in [-0.39, 0.29) is 11.8 Å². The van der Waals surface area contributed by atoms with Gasteiger partial charge in [0.25, 0.3) is 0 Å². The molecule has 5 rings (SSSR count). The van der Waals surface area contributed by atoms with Gasteiger partial charge in [0.2, 0.25) is 11.8 Å². The maximum atomic E-state index is 13.2. The van der Waals surface area contributed by atoms with Gasteiger partial charge in [-0.1, -0.05) is 23.8 Å². The number of thiazole rings is 1. The number of amides is 2. The predicted molar refractivity (Wildman–Crippen MR) is 137 cm³/mol. The van der Waals surface area contributed by atoms with Crippen molar-refractivity contribution in [3.8, 4) is 0 Å². The van der Waals surface area contributed by atoms with E-state index in [0.717, 1.165) is 54.9 Å². The summed E-state index contributed by atoms with van der Waals surface area (Å²) in [5.41, 5.74) is 1.42. The Morgan fingerprint density at radius 2 is 2.00 bits per heavy atom. The van der Waals surface area contributed by atoms with Crippen molar-refractivity contribution in [3.05, 3.63) is 41.2 Å². The maximum absolute atomic E-state index is 13.2. The van der Waals surface area contributed by atoms with Gasteiger partial charge >= 0.3 is 0 Å². The second-order valence-corrected chi connectivity index (χ2v) is 10.9. The van der Waals surface area contributed by atoms with Gasteiger partial charge in [-0.2, -0.15) is 0 Å². The van der Waals surface area contributed by atoms with E-state index in [4.69, 9.17) is 4.74 Å². The molecule has 3 aromatic rings. The molecule has 2 amide bonds. The zero-order valence-electron chi connectivity index (χ0n) is 20.7. The van der Waals surface area contributed by atoms with Crippen LogP contribution in [-0.4, -0.2) is 62.9 Å². The van der Waals surface area contributed by atoms with E-state index in [2.05, 4.69) is 26.7 Å². The fraction of sp³-hybridized carbons (Fsp3) is 0.577. The van der Waals surface area contributed by atoms with E-state index in [0.29, 0.717) is 52.1 Å². The molecule has 9 nitrogen and oxygen atoms in total. The maximum Gasteiger partial charge on any atom is 0.226 e. The van der Waals surface area contributed by atoms with Gasteiger partial charge in [-0.25, -0.2) is 4.98 Å². The molecule has 2 aliphatic rings. The molecule has 4 heterocycles. The number of hydrogen-bond acceptors (Lipinski definition) is 7. The van der Waals surface area contributed by atoms with Gasteiger partial charge < -0.3 is 15.0 Å². The van der Waals surface area contributed by atoms with Crippen molar-refractivity contribution >= 4 is 33.4 Å². The highest BCUT2D eigenvalue weighted by Gasteiger charge is 2.41. The molecule has 2 bridgehead atoms. The third kappa shape index (κ3) is 5.92. The Kier molecular flexibility index (Phi) is 7.91. The summed E-state index contributed by atoms with van der Waals surface area (Å²) >= 11 is 1.71. The number of carbonyl (C=O) groups is 2. The second kappa shape index (κ2) is 11.5. The van der Waals surface area contributed by atoms with Crippen LogP contribution in [-0.2, 0) is 33.9 Å². The van der Waals surface area contributed by atoms with Crippen LogP contribution in [0.5, 0.6) is 0 Å². The molecule has 1 fully saturated rings. The topological polar surface area (TPSA) is 102 Å². The smallest absolute Gasteiger partial charge is 0.226 e. The SMILES string of the molecule is O=C(CCCc1nc2ccccc2s1)N1CCC2(CCCCn3cc(nn3)COCCNC2=O)CC1. The molecule has 0 aliphatic carbocycles. The number of ether oxygens (including phenoxy) is 1. The van der Waals surface area contributed by atoms with E-state index < -0.39 is 5.41 Å². The number of carbonyl (C=O) groups excluding carboxylic acids is 2. The van der Waals surface area contributed by atoms with Gasteiger partial charge in [0, 0.05) is 32.6 Å². The molecule has 192 valence electrons. The Morgan fingerprint density at radius 1 is 1.14 bits per heavy atom. The highest BCUT2D eigenvalue weighted by Crippen LogP contribution is 2.37. The van der Waals surface area contributed by atoms with E-state index in [1.165, 1.54) is 4.70 Å². The Morgan fingerprint density at radius 3 is 2.86 bits per heavy atom. The fourth-order valence-electron chi connectivity index (χ4n) is 5.20. The number of aromatic nitrogens is 4. The number of fused-ring (bicyclic) bond motifs is 3. The van der Waals surface area contributed by atoms with Crippen molar-refractivity contribution in [2.45, 2.75) is 64.5 Å².